The largest absolute Gasteiger partial charge is 0.496 e. The molecule has 6 nitrogen and oxygen atoms in total. The lowest BCUT2D eigenvalue weighted by Gasteiger charge is -2.34. The smallest absolute Gasteiger partial charge is 0.304 e. The van der Waals surface area contributed by atoms with Crippen molar-refractivity contribution in [3.8, 4) is 5.75 Å². The van der Waals surface area contributed by atoms with Gasteiger partial charge in [0.25, 0.3) is 5.91 Å². The molecule has 1 aromatic rings. The van der Waals surface area contributed by atoms with Crippen LogP contribution >= 0.6 is 12.4 Å². The number of hydrogen-bond acceptors (Lipinski definition) is 4. The van der Waals surface area contributed by atoms with Crippen LogP contribution in [-0.2, 0) is 4.79 Å². The molecule has 1 saturated heterocycles. The van der Waals surface area contributed by atoms with Crippen molar-refractivity contribution >= 4 is 24.3 Å². The van der Waals surface area contributed by atoms with Gasteiger partial charge in [0.2, 0.25) is 0 Å². The molecule has 1 aliphatic heterocycles. The van der Waals surface area contributed by atoms with Gasteiger partial charge in [-0.25, -0.2) is 0 Å². The van der Waals surface area contributed by atoms with Crippen molar-refractivity contribution in [1.82, 2.24) is 9.80 Å². The topological polar surface area (TPSA) is 70.1 Å². The number of rotatable bonds is 5. The van der Waals surface area contributed by atoms with Crippen LogP contribution in [0.4, 0.5) is 0 Å². The van der Waals surface area contributed by atoms with Gasteiger partial charge in [-0.15, -0.1) is 12.4 Å². The highest BCUT2D eigenvalue weighted by Gasteiger charge is 2.22. The highest BCUT2D eigenvalue weighted by Crippen LogP contribution is 2.20. The highest BCUT2D eigenvalue weighted by molar-refractivity contribution is 5.94. The summed E-state index contributed by atoms with van der Waals surface area (Å²) in [5.41, 5.74) is 1.62. The Bertz CT molecular complexity index is 557. The van der Waals surface area contributed by atoms with E-state index in [2.05, 4.69) is 4.90 Å². The summed E-state index contributed by atoms with van der Waals surface area (Å²) in [6.07, 6.45) is 0.142. The number of halogens is 1. The van der Waals surface area contributed by atoms with Gasteiger partial charge < -0.3 is 14.7 Å². The zero-order valence-corrected chi connectivity index (χ0v) is 14.3. The fourth-order valence-electron chi connectivity index (χ4n) is 2.56. The number of nitrogens with zero attached hydrogens (tertiary/aromatic N) is 2. The molecule has 0 bridgehead atoms. The summed E-state index contributed by atoms with van der Waals surface area (Å²) in [7, 11) is 1.60. The van der Waals surface area contributed by atoms with Gasteiger partial charge >= 0.3 is 5.97 Å². The molecule has 0 radical (unpaired) electrons. The summed E-state index contributed by atoms with van der Waals surface area (Å²) in [5, 5.41) is 8.70. The third-order valence-electron chi connectivity index (χ3n) is 3.96. The first kappa shape index (κ1) is 19.3. The lowest BCUT2D eigenvalue weighted by Crippen LogP contribution is -2.49. The van der Waals surface area contributed by atoms with Crippen molar-refractivity contribution in [1.29, 1.82) is 0 Å². The standard InChI is InChI=1S/C16H22N2O4.ClH/c1-12-3-4-13(11-14(12)22-2)16(21)18-9-7-17(8-10-18)6-5-15(19)20;/h3-4,11H,5-10H2,1-2H3,(H,19,20);1H. The minimum Gasteiger partial charge on any atom is -0.496 e. The van der Waals surface area contributed by atoms with Crippen LogP contribution in [0, 0.1) is 6.92 Å². The molecule has 1 aliphatic rings. The number of methoxy groups -OCH3 is 1. The number of carbonyl (C=O) groups excluding carboxylic acids is 1. The molecule has 1 heterocycles. The van der Waals surface area contributed by atoms with Gasteiger partial charge in [-0.1, -0.05) is 6.07 Å². The molecule has 128 valence electrons. The van der Waals surface area contributed by atoms with Crippen LogP contribution in [0.15, 0.2) is 18.2 Å². The van der Waals surface area contributed by atoms with Gasteiger partial charge in [-0.3, -0.25) is 14.5 Å². The van der Waals surface area contributed by atoms with Crippen LogP contribution in [0.2, 0.25) is 0 Å². The molecule has 0 aliphatic carbocycles. The average Bonchev–Trinajstić information content (AvgIpc) is 2.53. The minimum atomic E-state index is -0.787. The Hall–Kier alpha value is -1.79. The normalized spacial score (nSPS) is 15.0. The first-order valence-electron chi connectivity index (χ1n) is 7.39. The number of hydrogen-bond donors (Lipinski definition) is 1. The molecular weight excluding hydrogens is 320 g/mol. The summed E-state index contributed by atoms with van der Waals surface area (Å²) < 4.78 is 5.26. The van der Waals surface area contributed by atoms with Gasteiger partial charge in [0.1, 0.15) is 5.75 Å². The number of ether oxygens (including phenoxy) is 1. The van der Waals surface area contributed by atoms with E-state index in [4.69, 9.17) is 9.84 Å². The van der Waals surface area contributed by atoms with E-state index >= 15 is 0 Å². The van der Waals surface area contributed by atoms with Crippen molar-refractivity contribution in [2.75, 3.05) is 39.8 Å². The van der Waals surface area contributed by atoms with E-state index in [1.807, 2.05) is 19.1 Å². The van der Waals surface area contributed by atoms with Crippen LogP contribution in [-0.4, -0.2) is 66.6 Å². The Labute approximate surface area is 142 Å². The fraction of sp³-hybridized carbons (Fsp3) is 0.500. The number of benzene rings is 1. The van der Waals surface area contributed by atoms with Gasteiger partial charge in [0.05, 0.1) is 13.5 Å². The molecule has 7 heteroatoms. The molecule has 1 amide bonds. The minimum absolute atomic E-state index is 0. The maximum atomic E-state index is 12.5. The maximum absolute atomic E-state index is 12.5. The third-order valence-corrected chi connectivity index (χ3v) is 3.96. The predicted octanol–water partition coefficient (Wildman–Crippen LogP) is 1.66. The molecule has 23 heavy (non-hydrogen) atoms. The number of aliphatic carboxylic acids is 1. The Morgan fingerprint density at radius 3 is 2.43 bits per heavy atom. The molecule has 1 N–H and O–H groups in total. The lowest BCUT2D eigenvalue weighted by molar-refractivity contribution is -0.137. The van der Waals surface area contributed by atoms with Crippen molar-refractivity contribution in [2.24, 2.45) is 0 Å². The van der Waals surface area contributed by atoms with Crippen molar-refractivity contribution in [3.63, 3.8) is 0 Å². The average molecular weight is 343 g/mol. The summed E-state index contributed by atoms with van der Waals surface area (Å²) >= 11 is 0. The van der Waals surface area contributed by atoms with Crippen LogP contribution in [0.25, 0.3) is 0 Å². The maximum Gasteiger partial charge on any atom is 0.304 e. The Balaban J connectivity index is 0.00000264. The van der Waals surface area contributed by atoms with Gasteiger partial charge in [-0.05, 0) is 24.6 Å². The first-order valence-corrected chi connectivity index (χ1v) is 7.39. The first-order chi connectivity index (χ1) is 10.5. The van der Waals surface area contributed by atoms with Crippen molar-refractivity contribution in [2.45, 2.75) is 13.3 Å². The molecular formula is C16H23ClN2O4. The highest BCUT2D eigenvalue weighted by atomic mass is 35.5. The molecule has 0 atom stereocenters. The van der Waals surface area contributed by atoms with Gasteiger partial charge in [0.15, 0.2) is 0 Å². The number of amides is 1. The number of piperazine rings is 1. The molecule has 0 spiro atoms. The summed E-state index contributed by atoms with van der Waals surface area (Å²) in [6, 6.07) is 5.47. The van der Waals surface area contributed by atoms with Crippen molar-refractivity contribution < 1.29 is 19.4 Å². The van der Waals surface area contributed by atoms with E-state index in [0.29, 0.717) is 44.0 Å². The Morgan fingerprint density at radius 2 is 1.87 bits per heavy atom. The third kappa shape index (κ3) is 5.11. The molecule has 1 aromatic carbocycles. The molecule has 2 rings (SSSR count). The fourth-order valence-corrected chi connectivity index (χ4v) is 2.56. The van der Waals surface area contributed by atoms with Gasteiger partial charge in [0, 0.05) is 38.3 Å². The van der Waals surface area contributed by atoms with Crippen molar-refractivity contribution in [3.05, 3.63) is 29.3 Å². The number of carboxylic acids is 1. The molecule has 1 fully saturated rings. The second-order valence-corrected chi connectivity index (χ2v) is 5.46. The quantitative estimate of drug-likeness (QED) is 0.881. The molecule has 0 unspecified atom stereocenters. The van der Waals surface area contributed by atoms with Gasteiger partial charge in [-0.2, -0.15) is 0 Å². The number of carbonyl (C=O) groups is 2. The number of carboxylic acid groups (broad SMARTS) is 1. The summed E-state index contributed by atoms with van der Waals surface area (Å²) in [4.78, 5) is 27.0. The van der Waals surface area contributed by atoms with E-state index in [0.717, 1.165) is 5.56 Å². The monoisotopic (exact) mass is 342 g/mol. The second-order valence-electron chi connectivity index (χ2n) is 5.46. The zero-order chi connectivity index (χ0) is 16.1. The lowest BCUT2D eigenvalue weighted by atomic mass is 10.1. The van der Waals surface area contributed by atoms with Crippen LogP contribution in [0.5, 0.6) is 5.75 Å². The SMILES string of the molecule is COc1cc(C(=O)N2CCN(CCC(=O)O)CC2)ccc1C.Cl. The van der Waals surface area contributed by atoms with Crippen LogP contribution in [0.3, 0.4) is 0 Å². The second kappa shape index (κ2) is 8.74. The number of aryl methyl sites for hydroxylation is 1. The summed E-state index contributed by atoms with van der Waals surface area (Å²) in [5.74, 6) is -0.0765. The van der Waals surface area contributed by atoms with E-state index in [1.54, 1.807) is 18.1 Å². The Morgan fingerprint density at radius 1 is 1.22 bits per heavy atom. The van der Waals surface area contributed by atoms with E-state index in [9.17, 15) is 9.59 Å². The zero-order valence-electron chi connectivity index (χ0n) is 13.4. The molecule has 0 saturated carbocycles. The van der Waals surface area contributed by atoms with E-state index < -0.39 is 5.97 Å². The Kier molecular flexibility index (Phi) is 7.32. The van der Waals surface area contributed by atoms with E-state index in [1.165, 1.54) is 0 Å². The van der Waals surface area contributed by atoms with Crippen LogP contribution < -0.4 is 4.74 Å². The molecule has 0 aromatic heterocycles. The summed E-state index contributed by atoms with van der Waals surface area (Å²) in [6.45, 7) is 5.14. The van der Waals surface area contributed by atoms with E-state index in [-0.39, 0.29) is 24.7 Å². The predicted molar refractivity (Wildman–Crippen MR) is 89.6 cm³/mol. The van der Waals surface area contributed by atoms with Crippen LogP contribution in [0.1, 0.15) is 22.3 Å².